The summed E-state index contributed by atoms with van der Waals surface area (Å²) >= 11 is 3.32. The molecule has 0 amide bonds. The fourth-order valence-corrected chi connectivity index (χ4v) is 2.90. The zero-order valence-electron chi connectivity index (χ0n) is 9.72. The molecule has 5 nitrogen and oxygen atoms in total. The number of rotatable bonds is 4. The number of ether oxygens (including phenoxy) is 2. The Balaban J connectivity index is 2.16. The first kappa shape index (κ1) is 13.6. The predicted molar refractivity (Wildman–Crippen MR) is 69.6 cm³/mol. The molecule has 0 bridgehead atoms. The van der Waals surface area contributed by atoms with Crippen LogP contribution in [-0.2, 0) is 9.84 Å². The average Bonchev–Trinajstić information content (AvgIpc) is 2.73. The highest BCUT2D eigenvalue weighted by Gasteiger charge is 2.21. The summed E-state index contributed by atoms with van der Waals surface area (Å²) < 4.78 is 33.3. The lowest BCUT2D eigenvalue weighted by Crippen LogP contribution is -2.08. The molecule has 100 valence electrons. The van der Waals surface area contributed by atoms with Crippen molar-refractivity contribution in [2.75, 3.05) is 18.8 Å². The number of sulfone groups is 1. The van der Waals surface area contributed by atoms with E-state index in [9.17, 15) is 13.5 Å². The van der Waals surface area contributed by atoms with Gasteiger partial charge in [-0.25, -0.2) is 8.42 Å². The molecule has 0 radical (unpaired) electrons. The Labute approximate surface area is 114 Å². The molecule has 0 fully saturated rings. The number of aliphatic hydroxyl groups excluding tert-OH is 1. The van der Waals surface area contributed by atoms with Gasteiger partial charge >= 0.3 is 0 Å². The molecule has 1 aromatic carbocycles. The second-order valence-electron chi connectivity index (χ2n) is 4.17. The molecule has 18 heavy (non-hydrogen) atoms. The smallest absolute Gasteiger partial charge is 0.231 e. The van der Waals surface area contributed by atoms with Crippen molar-refractivity contribution >= 4 is 25.8 Å². The van der Waals surface area contributed by atoms with E-state index in [-0.39, 0.29) is 19.0 Å². The van der Waals surface area contributed by atoms with Crippen molar-refractivity contribution in [1.82, 2.24) is 0 Å². The first-order valence-electron chi connectivity index (χ1n) is 5.31. The van der Waals surface area contributed by atoms with E-state index >= 15 is 0 Å². The van der Waals surface area contributed by atoms with Gasteiger partial charge in [-0.1, -0.05) is 0 Å². The van der Waals surface area contributed by atoms with Crippen molar-refractivity contribution in [2.45, 2.75) is 12.5 Å². The molecule has 0 saturated heterocycles. The molecule has 2 rings (SSSR count). The minimum atomic E-state index is -3.08. The van der Waals surface area contributed by atoms with Crippen LogP contribution in [0.1, 0.15) is 18.1 Å². The van der Waals surface area contributed by atoms with Crippen molar-refractivity contribution in [3.63, 3.8) is 0 Å². The highest BCUT2D eigenvalue weighted by molar-refractivity contribution is 9.10. The molecule has 0 aromatic heterocycles. The second-order valence-corrected chi connectivity index (χ2v) is 7.28. The minimum absolute atomic E-state index is 0.0553. The zero-order chi connectivity index (χ0) is 13.3. The molecule has 0 saturated carbocycles. The molecular weight excluding hydrogens is 324 g/mol. The molecule has 1 heterocycles. The van der Waals surface area contributed by atoms with Crippen LogP contribution in [0.3, 0.4) is 0 Å². The maximum Gasteiger partial charge on any atom is 0.231 e. The molecule has 1 atom stereocenters. The molecule has 7 heteroatoms. The fraction of sp³-hybridized carbons (Fsp3) is 0.455. The van der Waals surface area contributed by atoms with Crippen LogP contribution in [0.25, 0.3) is 0 Å². The van der Waals surface area contributed by atoms with Crippen LogP contribution >= 0.6 is 15.9 Å². The topological polar surface area (TPSA) is 72.8 Å². The summed E-state index contributed by atoms with van der Waals surface area (Å²) in [6.07, 6.45) is 0.464. The third-order valence-corrected chi connectivity index (χ3v) is 4.16. The van der Waals surface area contributed by atoms with E-state index in [0.717, 1.165) is 6.26 Å². The van der Waals surface area contributed by atoms with Crippen molar-refractivity contribution in [3.8, 4) is 11.5 Å². The van der Waals surface area contributed by atoms with Gasteiger partial charge in [0.15, 0.2) is 11.5 Å². The molecule has 1 aromatic rings. The fourth-order valence-electron chi connectivity index (χ4n) is 1.67. The summed E-state index contributed by atoms with van der Waals surface area (Å²) in [4.78, 5) is 0. The summed E-state index contributed by atoms with van der Waals surface area (Å²) in [5.41, 5.74) is 0.606. The highest BCUT2D eigenvalue weighted by Crippen LogP contribution is 2.41. The lowest BCUT2D eigenvalue weighted by Gasteiger charge is -2.12. The van der Waals surface area contributed by atoms with Gasteiger partial charge in [-0.3, -0.25) is 0 Å². The second kappa shape index (κ2) is 5.07. The molecular formula is C11H13BrO5S. The zero-order valence-corrected chi connectivity index (χ0v) is 12.1. The third kappa shape index (κ3) is 3.15. The molecule has 0 aliphatic carbocycles. The van der Waals surface area contributed by atoms with E-state index in [2.05, 4.69) is 15.9 Å². The summed E-state index contributed by atoms with van der Waals surface area (Å²) in [7, 11) is -3.08. The van der Waals surface area contributed by atoms with Gasteiger partial charge in [-0.15, -0.1) is 0 Å². The van der Waals surface area contributed by atoms with Crippen LogP contribution in [0.15, 0.2) is 16.6 Å². The van der Waals surface area contributed by atoms with Gasteiger partial charge in [0.25, 0.3) is 0 Å². The molecule has 1 N–H and O–H groups in total. The molecule has 0 spiro atoms. The van der Waals surface area contributed by atoms with Crippen LogP contribution in [-0.4, -0.2) is 32.3 Å². The first-order valence-corrected chi connectivity index (χ1v) is 8.17. The molecule has 1 unspecified atom stereocenters. The lowest BCUT2D eigenvalue weighted by molar-refractivity contribution is 0.170. The summed E-state index contributed by atoms with van der Waals surface area (Å²) in [6.45, 7) is 0.150. The summed E-state index contributed by atoms with van der Waals surface area (Å²) in [6, 6.07) is 3.38. The van der Waals surface area contributed by atoms with Crippen molar-refractivity contribution in [2.24, 2.45) is 0 Å². The van der Waals surface area contributed by atoms with E-state index in [4.69, 9.17) is 9.47 Å². The minimum Gasteiger partial charge on any atom is -0.454 e. The average molecular weight is 337 g/mol. The SMILES string of the molecule is CS(=O)(=O)CCC(O)c1cc(Br)c2c(c1)OCO2. The van der Waals surface area contributed by atoms with Crippen LogP contribution in [0.5, 0.6) is 11.5 Å². The van der Waals surface area contributed by atoms with E-state index in [1.54, 1.807) is 12.1 Å². The maximum atomic E-state index is 11.1. The quantitative estimate of drug-likeness (QED) is 0.904. The van der Waals surface area contributed by atoms with Crippen molar-refractivity contribution in [3.05, 3.63) is 22.2 Å². The maximum absolute atomic E-state index is 11.1. The highest BCUT2D eigenvalue weighted by atomic mass is 79.9. The normalized spacial score (nSPS) is 15.7. The predicted octanol–water partition coefficient (Wildman–Crippen LogP) is 1.65. The Bertz CT molecular complexity index is 555. The third-order valence-electron chi connectivity index (χ3n) is 2.60. The Morgan fingerprint density at radius 1 is 1.44 bits per heavy atom. The number of benzene rings is 1. The number of halogens is 1. The van der Waals surface area contributed by atoms with Crippen LogP contribution in [0, 0.1) is 0 Å². The Hall–Kier alpha value is -0.790. The first-order chi connectivity index (χ1) is 8.37. The van der Waals surface area contributed by atoms with Crippen molar-refractivity contribution in [1.29, 1.82) is 0 Å². The van der Waals surface area contributed by atoms with E-state index < -0.39 is 15.9 Å². The van der Waals surface area contributed by atoms with Crippen LogP contribution in [0.2, 0.25) is 0 Å². The summed E-state index contributed by atoms with van der Waals surface area (Å²) in [5, 5.41) is 9.96. The number of hydrogen-bond donors (Lipinski definition) is 1. The standard InChI is InChI=1S/C11H13BrO5S/c1-18(14,15)3-2-9(13)7-4-8(12)11-10(5-7)16-6-17-11/h4-5,9,13H,2-3,6H2,1H3. The van der Waals surface area contributed by atoms with Crippen LogP contribution < -0.4 is 9.47 Å². The van der Waals surface area contributed by atoms with Gasteiger partial charge in [0, 0.05) is 6.26 Å². The Morgan fingerprint density at radius 2 is 2.17 bits per heavy atom. The van der Waals surface area contributed by atoms with E-state index in [0.29, 0.717) is 21.5 Å². The molecule has 1 aliphatic heterocycles. The van der Waals surface area contributed by atoms with E-state index in [1.807, 2.05) is 0 Å². The van der Waals surface area contributed by atoms with Gasteiger partial charge in [-0.2, -0.15) is 0 Å². The lowest BCUT2D eigenvalue weighted by atomic mass is 10.1. The van der Waals surface area contributed by atoms with E-state index in [1.165, 1.54) is 0 Å². The largest absolute Gasteiger partial charge is 0.454 e. The van der Waals surface area contributed by atoms with Crippen LogP contribution in [0.4, 0.5) is 0 Å². The van der Waals surface area contributed by atoms with Gasteiger partial charge in [0.05, 0.1) is 16.3 Å². The molecule has 1 aliphatic rings. The Kier molecular flexibility index (Phi) is 3.84. The van der Waals surface area contributed by atoms with Gasteiger partial charge < -0.3 is 14.6 Å². The Morgan fingerprint density at radius 3 is 2.83 bits per heavy atom. The van der Waals surface area contributed by atoms with Gasteiger partial charge in [0.1, 0.15) is 9.84 Å². The van der Waals surface area contributed by atoms with Gasteiger partial charge in [0.2, 0.25) is 6.79 Å². The monoisotopic (exact) mass is 336 g/mol. The number of aliphatic hydroxyl groups is 1. The van der Waals surface area contributed by atoms with Crippen molar-refractivity contribution < 1.29 is 23.0 Å². The summed E-state index contributed by atoms with van der Waals surface area (Å²) in [5.74, 6) is 1.10. The number of hydrogen-bond acceptors (Lipinski definition) is 5. The van der Waals surface area contributed by atoms with Gasteiger partial charge in [-0.05, 0) is 40.0 Å². The number of fused-ring (bicyclic) bond motifs is 1.